The highest BCUT2D eigenvalue weighted by Gasteiger charge is 2.24. The van der Waals surface area contributed by atoms with Gasteiger partial charge in [0.05, 0.1) is 26.7 Å². The number of hydrogen-bond donors (Lipinski definition) is 2. The molecule has 162 valence electrons. The number of carboxylic acids is 1. The maximum Gasteiger partial charge on any atom is 0.305 e. The summed E-state index contributed by atoms with van der Waals surface area (Å²) in [4.78, 5) is 24.3. The van der Waals surface area contributed by atoms with Gasteiger partial charge in [-0.05, 0) is 42.3 Å². The second kappa shape index (κ2) is 9.29. The molecule has 3 rings (SSSR count). The highest BCUT2D eigenvalue weighted by Crippen LogP contribution is 2.26. The number of nitrogens with one attached hydrogen (secondary N) is 1. The van der Waals surface area contributed by atoms with E-state index in [0.29, 0.717) is 11.3 Å². The summed E-state index contributed by atoms with van der Waals surface area (Å²) in [7, 11) is 2.91. The zero-order valence-corrected chi connectivity index (χ0v) is 17.3. The Labute approximate surface area is 178 Å². The Bertz CT molecular complexity index is 1110. The molecule has 1 heterocycles. The van der Waals surface area contributed by atoms with Gasteiger partial charge in [-0.25, -0.2) is 4.39 Å². The van der Waals surface area contributed by atoms with E-state index in [-0.39, 0.29) is 23.7 Å². The first-order chi connectivity index (χ1) is 14.8. The first kappa shape index (κ1) is 21.8. The zero-order valence-electron chi connectivity index (χ0n) is 17.3. The Hall–Kier alpha value is -3.88. The number of aryl methyl sites for hydroxylation is 1. The molecule has 8 nitrogen and oxygen atoms in total. The normalized spacial score (nSPS) is 11.6. The number of carboxylic acid groups (broad SMARTS) is 1. The number of rotatable bonds is 8. The van der Waals surface area contributed by atoms with Crippen LogP contribution in [0, 0.1) is 12.7 Å². The van der Waals surface area contributed by atoms with Gasteiger partial charge in [-0.1, -0.05) is 18.2 Å². The number of carbonyl (C=O) groups excluding carboxylic acids is 1. The van der Waals surface area contributed by atoms with Crippen molar-refractivity contribution in [3.63, 3.8) is 0 Å². The molecule has 3 aromatic rings. The third-order valence-electron chi connectivity index (χ3n) is 4.74. The molecular formula is C22H22FN3O5. The van der Waals surface area contributed by atoms with Crippen molar-refractivity contribution < 1.29 is 28.6 Å². The smallest absolute Gasteiger partial charge is 0.305 e. The fourth-order valence-corrected chi connectivity index (χ4v) is 3.23. The third-order valence-corrected chi connectivity index (χ3v) is 4.74. The van der Waals surface area contributed by atoms with Crippen molar-refractivity contribution in [2.45, 2.75) is 19.4 Å². The molecule has 0 fully saturated rings. The Morgan fingerprint density at radius 2 is 1.90 bits per heavy atom. The van der Waals surface area contributed by atoms with Crippen LogP contribution in [0.25, 0.3) is 5.69 Å². The number of aliphatic carboxylic acids is 1. The summed E-state index contributed by atoms with van der Waals surface area (Å²) < 4.78 is 25.8. The number of halogens is 1. The van der Waals surface area contributed by atoms with Crippen molar-refractivity contribution in [1.82, 2.24) is 15.1 Å². The van der Waals surface area contributed by atoms with Crippen LogP contribution < -0.4 is 14.8 Å². The minimum absolute atomic E-state index is 0.0401. The molecule has 9 heteroatoms. The van der Waals surface area contributed by atoms with Crippen molar-refractivity contribution in [3.05, 3.63) is 71.2 Å². The van der Waals surface area contributed by atoms with Crippen LogP contribution in [0.4, 0.5) is 4.39 Å². The standard InChI is InChI=1S/C22H22FN3O5/c1-13-10-14(30-2)8-9-15(13)17(12-21(27)28)24-22(29)18-11-20(31-3)26(25-18)19-7-5-4-6-16(19)23/h4-11,17H,12H2,1-3H3,(H,24,29)(H,27,28). The molecule has 0 bridgehead atoms. The van der Waals surface area contributed by atoms with Gasteiger partial charge >= 0.3 is 5.97 Å². The molecule has 0 aliphatic carbocycles. The van der Waals surface area contributed by atoms with Gasteiger partial charge in [0.2, 0.25) is 5.88 Å². The van der Waals surface area contributed by atoms with E-state index in [9.17, 15) is 19.1 Å². The molecule has 1 unspecified atom stereocenters. The summed E-state index contributed by atoms with van der Waals surface area (Å²) in [5.74, 6) is -1.45. The Kier molecular flexibility index (Phi) is 6.54. The van der Waals surface area contributed by atoms with Gasteiger partial charge in [0, 0.05) is 6.07 Å². The molecular weight excluding hydrogens is 405 g/mol. The van der Waals surface area contributed by atoms with Crippen molar-refractivity contribution in [2.75, 3.05) is 14.2 Å². The molecule has 0 saturated heterocycles. The van der Waals surface area contributed by atoms with Crippen molar-refractivity contribution >= 4 is 11.9 Å². The lowest BCUT2D eigenvalue weighted by molar-refractivity contribution is -0.137. The van der Waals surface area contributed by atoms with Crippen molar-refractivity contribution in [2.24, 2.45) is 0 Å². The summed E-state index contributed by atoms with van der Waals surface area (Å²) >= 11 is 0. The molecule has 1 atom stereocenters. The first-order valence-electron chi connectivity index (χ1n) is 9.40. The predicted molar refractivity (Wildman–Crippen MR) is 110 cm³/mol. The molecule has 1 aromatic heterocycles. The molecule has 0 aliphatic rings. The summed E-state index contributed by atoms with van der Waals surface area (Å²) in [5, 5.41) is 16.2. The molecule has 2 N–H and O–H groups in total. The van der Waals surface area contributed by atoms with Gasteiger partial charge < -0.3 is 19.9 Å². The van der Waals surface area contributed by atoms with Crippen LogP contribution in [0.5, 0.6) is 11.6 Å². The zero-order chi connectivity index (χ0) is 22.5. The fourth-order valence-electron chi connectivity index (χ4n) is 3.23. The van der Waals surface area contributed by atoms with Crippen LogP contribution in [0.1, 0.15) is 34.1 Å². The molecule has 0 spiro atoms. The summed E-state index contributed by atoms with van der Waals surface area (Å²) in [6, 6.07) is 11.7. The average Bonchev–Trinajstić information content (AvgIpc) is 3.17. The van der Waals surface area contributed by atoms with Gasteiger partial charge in [-0.3, -0.25) is 9.59 Å². The largest absolute Gasteiger partial charge is 0.497 e. The number of para-hydroxylation sites is 1. The minimum Gasteiger partial charge on any atom is -0.497 e. The SMILES string of the molecule is COc1ccc(C(CC(=O)O)NC(=O)c2cc(OC)n(-c3ccccc3F)n2)c(C)c1. The van der Waals surface area contributed by atoms with Gasteiger partial charge in [0.25, 0.3) is 5.91 Å². The Morgan fingerprint density at radius 1 is 1.16 bits per heavy atom. The van der Waals surface area contributed by atoms with E-state index in [4.69, 9.17) is 9.47 Å². The number of carbonyl (C=O) groups is 2. The predicted octanol–water partition coefficient (Wildman–Crippen LogP) is 3.28. The molecule has 0 aliphatic heterocycles. The van der Waals surface area contributed by atoms with Crippen molar-refractivity contribution in [1.29, 1.82) is 0 Å². The van der Waals surface area contributed by atoms with Crippen LogP contribution >= 0.6 is 0 Å². The van der Waals surface area contributed by atoms with E-state index in [2.05, 4.69) is 10.4 Å². The lowest BCUT2D eigenvalue weighted by atomic mass is 9.98. The Morgan fingerprint density at radius 3 is 2.52 bits per heavy atom. The van der Waals surface area contributed by atoms with Gasteiger partial charge in [-0.15, -0.1) is 0 Å². The fraction of sp³-hybridized carbons (Fsp3) is 0.227. The number of nitrogens with zero attached hydrogens (tertiary/aromatic N) is 2. The van der Waals surface area contributed by atoms with Crippen LogP contribution in [0.2, 0.25) is 0 Å². The molecule has 1 amide bonds. The van der Waals surface area contributed by atoms with E-state index in [0.717, 1.165) is 5.56 Å². The highest BCUT2D eigenvalue weighted by molar-refractivity contribution is 5.93. The monoisotopic (exact) mass is 427 g/mol. The number of benzene rings is 2. The summed E-state index contributed by atoms with van der Waals surface area (Å²) in [6.45, 7) is 1.80. The van der Waals surface area contributed by atoms with Crippen molar-refractivity contribution in [3.8, 4) is 17.3 Å². The Balaban J connectivity index is 1.92. The second-order valence-electron chi connectivity index (χ2n) is 6.78. The number of methoxy groups -OCH3 is 2. The maximum absolute atomic E-state index is 14.2. The molecule has 31 heavy (non-hydrogen) atoms. The second-order valence-corrected chi connectivity index (χ2v) is 6.78. The van der Waals surface area contributed by atoms with Crippen LogP contribution in [-0.4, -0.2) is 41.0 Å². The van der Waals surface area contributed by atoms with Gasteiger partial charge in [0.1, 0.15) is 17.3 Å². The maximum atomic E-state index is 14.2. The minimum atomic E-state index is -1.07. The van der Waals surface area contributed by atoms with E-state index in [1.807, 2.05) is 0 Å². The summed E-state index contributed by atoms with van der Waals surface area (Å²) in [6.07, 6.45) is -0.329. The van der Waals surface area contributed by atoms with E-state index in [1.54, 1.807) is 31.2 Å². The topological polar surface area (TPSA) is 103 Å². The summed E-state index contributed by atoms with van der Waals surface area (Å²) in [5.41, 5.74) is 1.48. The van der Waals surface area contributed by atoms with Crippen LogP contribution in [0.3, 0.4) is 0 Å². The van der Waals surface area contributed by atoms with Gasteiger partial charge in [-0.2, -0.15) is 9.78 Å². The quantitative estimate of drug-likeness (QED) is 0.572. The lowest BCUT2D eigenvalue weighted by Gasteiger charge is -2.19. The lowest BCUT2D eigenvalue weighted by Crippen LogP contribution is -2.31. The average molecular weight is 427 g/mol. The number of ether oxygens (including phenoxy) is 2. The van der Waals surface area contributed by atoms with E-state index in [1.165, 1.54) is 43.2 Å². The highest BCUT2D eigenvalue weighted by atomic mass is 19.1. The first-order valence-corrected chi connectivity index (χ1v) is 9.40. The molecule has 2 aromatic carbocycles. The number of hydrogen-bond acceptors (Lipinski definition) is 5. The molecule has 0 radical (unpaired) electrons. The van der Waals surface area contributed by atoms with Crippen LogP contribution in [0.15, 0.2) is 48.5 Å². The van der Waals surface area contributed by atoms with E-state index >= 15 is 0 Å². The van der Waals surface area contributed by atoms with Gasteiger partial charge in [0.15, 0.2) is 5.69 Å². The molecule has 0 saturated carbocycles. The number of amides is 1. The van der Waals surface area contributed by atoms with Crippen LogP contribution in [-0.2, 0) is 4.79 Å². The number of aromatic nitrogens is 2. The third kappa shape index (κ3) is 4.82. The van der Waals surface area contributed by atoms with E-state index < -0.39 is 23.7 Å².